The molecule has 36 heavy (non-hydrogen) atoms. The second kappa shape index (κ2) is 11.3. The maximum absolute atomic E-state index is 13.1. The summed E-state index contributed by atoms with van der Waals surface area (Å²) in [5.41, 5.74) is 5.40. The molecule has 0 saturated heterocycles. The van der Waals surface area contributed by atoms with Crippen LogP contribution >= 0.6 is 11.8 Å². The number of amides is 1. The standard InChI is InChI=1S/C28H29N5O2S/c1-5-20-10-7-11-21(6-2)25(20)33-26(23-13-9-15-29-17-23)31-32-28(33)36-19(4)27(35)30-24-14-8-12-22(16-24)18(3)34/h7-17,19H,5-6H2,1-4H3,(H,30,35)/t19-/m0/s1. The first kappa shape index (κ1) is 25.3. The number of Topliss-reactive ketones (excluding diaryl/α,β-unsaturated/α-hetero) is 1. The number of carbonyl (C=O) groups is 2. The molecule has 4 rings (SSSR count). The minimum Gasteiger partial charge on any atom is -0.325 e. The fourth-order valence-corrected chi connectivity index (χ4v) is 4.86. The Morgan fingerprint density at radius 2 is 1.72 bits per heavy atom. The lowest BCUT2D eigenvalue weighted by Crippen LogP contribution is -2.23. The highest BCUT2D eigenvalue weighted by molar-refractivity contribution is 8.00. The first-order valence-corrected chi connectivity index (χ1v) is 12.9. The molecule has 184 valence electrons. The highest BCUT2D eigenvalue weighted by Crippen LogP contribution is 2.33. The number of rotatable bonds is 9. The van der Waals surface area contributed by atoms with E-state index in [0.717, 1.165) is 24.1 Å². The van der Waals surface area contributed by atoms with Crippen LogP contribution in [0.5, 0.6) is 0 Å². The van der Waals surface area contributed by atoms with Gasteiger partial charge in [0.1, 0.15) is 0 Å². The fraction of sp³-hybridized carbons (Fsp3) is 0.250. The number of benzene rings is 2. The van der Waals surface area contributed by atoms with Gasteiger partial charge in [0.05, 0.1) is 10.9 Å². The van der Waals surface area contributed by atoms with Crippen LogP contribution in [-0.2, 0) is 17.6 Å². The van der Waals surface area contributed by atoms with Crippen molar-refractivity contribution in [1.29, 1.82) is 0 Å². The van der Waals surface area contributed by atoms with Crippen molar-refractivity contribution in [3.05, 3.63) is 83.7 Å². The van der Waals surface area contributed by atoms with E-state index in [2.05, 4.69) is 57.1 Å². The Hall–Kier alpha value is -3.78. The van der Waals surface area contributed by atoms with Crippen molar-refractivity contribution in [2.75, 3.05) is 5.32 Å². The second-order valence-corrected chi connectivity index (χ2v) is 9.71. The van der Waals surface area contributed by atoms with Crippen LogP contribution in [-0.4, -0.2) is 36.7 Å². The number of nitrogens with zero attached hydrogens (tertiary/aromatic N) is 4. The molecule has 1 atom stereocenters. The second-order valence-electron chi connectivity index (χ2n) is 8.40. The van der Waals surface area contributed by atoms with Crippen molar-refractivity contribution in [2.24, 2.45) is 0 Å². The van der Waals surface area contributed by atoms with Gasteiger partial charge in [0.25, 0.3) is 0 Å². The van der Waals surface area contributed by atoms with E-state index in [1.54, 1.807) is 36.7 Å². The summed E-state index contributed by atoms with van der Waals surface area (Å²) in [6.45, 7) is 7.60. The summed E-state index contributed by atoms with van der Waals surface area (Å²) in [5, 5.41) is 12.1. The Morgan fingerprint density at radius 1 is 1.00 bits per heavy atom. The summed E-state index contributed by atoms with van der Waals surface area (Å²) in [7, 11) is 0. The van der Waals surface area contributed by atoms with E-state index in [0.29, 0.717) is 22.2 Å². The maximum Gasteiger partial charge on any atom is 0.237 e. The number of anilines is 1. The average Bonchev–Trinajstić information content (AvgIpc) is 3.31. The summed E-state index contributed by atoms with van der Waals surface area (Å²) in [6, 6.07) is 17.1. The number of thioether (sulfide) groups is 1. The molecule has 0 aliphatic heterocycles. The van der Waals surface area contributed by atoms with Crippen molar-refractivity contribution in [2.45, 2.75) is 50.9 Å². The van der Waals surface area contributed by atoms with Crippen LogP contribution < -0.4 is 5.32 Å². The summed E-state index contributed by atoms with van der Waals surface area (Å²) in [6.07, 6.45) is 5.19. The van der Waals surface area contributed by atoms with Crippen molar-refractivity contribution in [3.8, 4) is 17.1 Å². The number of hydrogen-bond donors (Lipinski definition) is 1. The summed E-state index contributed by atoms with van der Waals surface area (Å²) in [5.74, 6) is 0.450. The number of carbonyl (C=O) groups excluding carboxylic acids is 2. The van der Waals surface area contributed by atoms with Gasteiger partial charge in [-0.05, 0) is 62.1 Å². The van der Waals surface area contributed by atoms with E-state index in [-0.39, 0.29) is 11.7 Å². The Bertz CT molecular complexity index is 1360. The highest BCUT2D eigenvalue weighted by Gasteiger charge is 2.24. The smallest absolute Gasteiger partial charge is 0.237 e. The molecule has 0 saturated carbocycles. The molecule has 0 aliphatic carbocycles. The molecule has 0 radical (unpaired) electrons. The molecule has 2 aromatic heterocycles. The van der Waals surface area contributed by atoms with E-state index < -0.39 is 5.25 Å². The topological polar surface area (TPSA) is 89.8 Å². The first-order valence-electron chi connectivity index (χ1n) is 12.0. The summed E-state index contributed by atoms with van der Waals surface area (Å²) in [4.78, 5) is 29.1. The Balaban J connectivity index is 1.71. The van der Waals surface area contributed by atoms with Crippen LogP contribution in [0.4, 0.5) is 5.69 Å². The Morgan fingerprint density at radius 3 is 2.36 bits per heavy atom. The van der Waals surface area contributed by atoms with E-state index in [4.69, 9.17) is 0 Å². The molecule has 0 bridgehead atoms. The molecule has 7 nitrogen and oxygen atoms in total. The van der Waals surface area contributed by atoms with Crippen LogP contribution in [0.2, 0.25) is 0 Å². The fourth-order valence-electron chi connectivity index (χ4n) is 4.00. The predicted octanol–water partition coefficient (Wildman–Crippen LogP) is 5.78. The van der Waals surface area contributed by atoms with Gasteiger partial charge in [-0.15, -0.1) is 10.2 Å². The predicted molar refractivity (Wildman–Crippen MR) is 144 cm³/mol. The lowest BCUT2D eigenvalue weighted by molar-refractivity contribution is -0.115. The lowest BCUT2D eigenvalue weighted by atomic mass is 10.0. The van der Waals surface area contributed by atoms with E-state index in [1.807, 2.05) is 19.1 Å². The zero-order valence-corrected chi connectivity index (χ0v) is 21.7. The van der Waals surface area contributed by atoms with Crippen LogP contribution in [0.25, 0.3) is 17.1 Å². The number of ketones is 1. The van der Waals surface area contributed by atoms with E-state index >= 15 is 0 Å². The Labute approximate surface area is 215 Å². The van der Waals surface area contributed by atoms with Crippen molar-refractivity contribution in [1.82, 2.24) is 19.7 Å². The van der Waals surface area contributed by atoms with Crippen molar-refractivity contribution < 1.29 is 9.59 Å². The molecule has 8 heteroatoms. The van der Waals surface area contributed by atoms with Gasteiger partial charge in [-0.25, -0.2) is 0 Å². The van der Waals surface area contributed by atoms with Gasteiger partial charge >= 0.3 is 0 Å². The molecule has 4 aromatic rings. The van der Waals surface area contributed by atoms with Crippen molar-refractivity contribution >= 4 is 29.1 Å². The zero-order valence-electron chi connectivity index (χ0n) is 20.9. The zero-order chi connectivity index (χ0) is 25.7. The normalized spacial score (nSPS) is 11.8. The molecule has 1 amide bonds. The third-order valence-electron chi connectivity index (χ3n) is 5.93. The molecule has 0 spiro atoms. The van der Waals surface area contributed by atoms with Gasteiger partial charge in [0.15, 0.2) is 16.8 Å². The number of nitrogens with one attached hydrogen (secondary N) is 1. The number of pyridine rings is 1. The van der Waals surface area contributed by atoms with Crippen LogP contribution in [0.15, 0.2) is 72.1 Å². The third-order valence-corrected chi connectivity index (χ3v) is 6.97. The van der Waals surface area contributed by atoms with Gasteiger partial charge in [0.2, 0.25) is 5.91 Å². The Kier molecular flexibility index (Phi) is 7.95. The quantitative estimate of drug-likeness (QED) is 0.232. The van der Waals surface area contributed by atoms with E-state index in [9.17, 15) is 9.59 Å². The first-order chi connectivity index (χ1) is 17.4. The third kappa shape index (κ3) is 5.39. The van der Waals surface area contributed by atoms with E-state index in [1.165, 1.54) is 29.8 Å². The molecule has 0 fully saturated rings. The maximum atomic E-state index is 13.1. The molecular weight excluding hydrogens is 470 g/mol. The number of aromatic nitrogens is 4. The number of hydrogen-bond acceptors (Lipinski definition) is 6. The number of para-hydroxylation sites is 1. The van der Waals surface area contributed by atoms with Gasteiger partial charge in [-0.1, -0.05) is 55.9 Å². The molecule has 0 aliphatic rings. The number of aryl methyl sites for hydroxylation is 2. The molecule has 0 unspecified atom stereocenters. The molecular formula is C28H29N5O2S. The van der Waals surface area contributed by atoms with Crippen LogP contribution in [0.1, 0.15) is 49.2 Å². The summed E-state index contributed by atoms with van der Waals surface area (Å²) < 4.78 is 2.06. The lowest BCUT2D eigenvalue weighted by Gasteiger charge is -2.19. The minimum absolute atomic E-state index is 0.0501. The molecule has 1 N–H and O–H groups in total. The molecule has 2 aromatic carbocycles. The monoisotopic (exact) mass is 499 g/mol. The van der Waals surface area contributed by atoms with Gasteiger partial charge < -0.3 is 5.32 Å². The SMILES string of the molecule is CCc1cccc(CC)c1-n1c(S[C@@H](C)C(=O)Nc2cccc(C(C)=O)c2)nnc1-c1cccnc1. The minimum atomic E-state index is -0.463. The average molecular weight is 500 g/mol. The van der Waals surface area contributed by atoms with Gasteiger partial charge in [-0.3, -0.25) is 19.1 Å². The molecule has 2 heterocycles. The van der Waals surface area contributed by atoms with Crippen LogP contribution in [0.3, 0.4) is 0 Å². The summed E-state index contributed by atoms with van der Waals surface area (Å²) >= 11 is 1.35. The van der Waals surface area contributed by atoms with Crippen LogP contribution in [0, 0.1) is 0 Å². The highest BCUT2D eigenvalue weighted by atomic mass is 32.2. The van der Waals surface area contributed by atoms with Gasteiger partial charge in [0, 0.05) is 29.2 Å². The van der Waals surface area contributed by atoms with Gasteiger partial charge in [-0.2, -0.15) is 0 Å². The largest absolute Gasteiger partial charge is 0.325 e. The van der Waals surface area contributed by atoms with Crippen molar-refractivity contribution in [3.63, 3.8) is 0 Å².